The Morgan fingerprint density at radius 3 is 2.55 bits per heavy atom. The fraction of sp³-hybridized carbons (Fsp3) is 0.350. The topological polar surface area (TPSA) is 90.5 Å². The van der Waals surface area contributed by atoms with Crippen LogP contribution < -0.4 is 20.3 Å². The molecule has 0 saturated carbocycles. The maximum absolute atomic E-state index is 12.8. The Balaban J connectivity index is 1.93. The molecule has 2 aromatic rings. The second-order valence-corrected chi connectivity index (χ2v) is 8.93. The fourth-order valence-electron chi connectivity index (χ4n) is 3.17. The molecule has 29 heavy (non-hydrogen) atoms. The van der Waals surface area contributed by atoms with Crippen LogP contribution in [0.2, 0.25) is 5.02 Å². The largest absolute Gasteiger partial charge is 0.368 e. The van der Waals surface area contributed by atoms with Gasteiger partial charge in [0.1, 0.15) is 0 Å². The molecule has 0 atom stereocenters. The average molecular weight is 437 g/mol. The van der Waals surface area contributed by atoms with E-state index in [0.29, 0.717) is 22.8 Å². The Morgan fingerprint density at radius 1 is 1.17 bits per heavy atom. The van der Waals surface area contributed by atoms with Crippen molar-refractivity contribution in [2.24, 2.45) is 0 Å². The zero-order chi connectivity index (χ0) is 21.0. The van der Waals surface area contributed by atoms with E-state index in [-0.39, 0.29) is 10.8 Å². The number of carbonyl (C=O) groups is 1. The monoisotopic (exact) mass is 436 g/mol. The van der Waals surface area contributed by atoms with Gasteiger partial charge in [0, 0.05) is 49.1 Å². The highest BCUT2D eigenvalue weighted by molar-refractivity contribution is 7.92. The number of sulfonamides is 1. The fourth-order valence-corrected chi connectivity index (χ4v) is 4.49. The lowest BCUT2D eigenvalue weighted by atomic mass is 10.1. The summed E-state index contributed by atoms with van der Waals surface area (Å²) >= 11 is 6.08. The molecule has 0 bridgehead atoms. The van der Waals surface area contributed by atoms with E-state index >= 15 is 0 Å². The Hall–Kier alpha value is -2.29. The predicted octanol–water partition coefficient (Wildman–Crippen LogP) is 2.61. The first-order valence-electron chi connectivity index (χ1n) is 9.48. The molecule has 1 saturated heterocycles. The number of anilines is 2. The summed E-state index contributed by atoms with van der Waals surface area (Å²) in [5.41, 5.74) is 2.35. The van der Waals surface area contributed by atoms with Gasteiger partial charge in [0.05, 0.1) is 10.5 Å². The van der Waals surface area contributed by atoms with Crippen LogP contribution >= 0.6 is 11.6 Å². The molecule has 1 heterocycles. The lowest BCUT2D eigenvalue weighted by molar-refractivity contribution is 0.0956. The molecule has 3 N–H and O–H groups in total. The lowest BCUT2D eigenvalue weighted by Crippen LogP contribution is -2.44. The van der Waals surface area contributed by atoms with E-state index in [0.717, 1.165) is 37.4 Å². The summed E-state index contributed by atoms with van der Waals surface area (Å²) in [5, 5.41) is 6.46. The number of benzene rings is 2. The van der Waals surface area contributed by atoms with Crippen molar-refractivity contribution < 1.29 is 13.2 Å². The number of amides is 1. The van der Waals surface area contributed by atoms with Crippen molar-refractivity contribution in [2.75, 3.05) is 42.3 Å². The summed E-state index contributed by atoms with van der Waals surface area (Å²) < 4.78 is 28.1. The summed E-state index contributed by atoms with van der Waals surface area (Å²) in [7, 11) is -3.83. The first kappa shape index (κ1) is 21.4. The van der Waals surface area contributed by atoms with Crippen LogP contribution in [-0.2, 0) is 10.0 Å². The van der Waals surface area contributed by atoms with E-state index in [9.17, 15) is 13.2 Å². The van der Waals surface area contributed by atoms with Crippen molar-refractivity contribution in [1.29, 1.82) is 0 Å². The number of rotatable bonds is 6. The normalized spacial score (nSPS) is 14.5. The van der Waals surface area contributed by atoms with Crippen LogP contribution in [0.4, 0.5) is 11.4 Å². The minimum Gasteiger partial charge on any atom is -0.368 e. The summed E-state index contributed by atoms with van der Waals surface area (Å²) in [6.07, 6.45) is 0. The first-order chi connectivity index (χ1) is 13.8. The van der Waals surface area contributed by atoms with Gasteiger partial charge < -0.3 is 15.5 Å². The molecule has 0 spiro atoms. The number of halogens is 1. The summed E-state index contributed by atoms with van der Waals surface area (Å²) in [5.74, 6) is -0.236. The van der Waals surface area contributed by atoms with Gasteiger partial charge in [-0.1, -0.05) is 17.7 Å². The molecule has 1 aliphatic heterocycles. The molecule has 9 heteroatoms. The van der Waals surface area contributed by atoms with E-state index < -0.39 is 10.0 Å². The second kappa shape index (κ2) is 9.02. The van der Waals surface area contributed by atoms with Gasteiger partial charge in [0.15, 0.2) is 0 Å². The molecule has 156 valence electrons. The van der Waals surface area contributed by atoms with Crippen LogP contribution in [-0.4, -0.2) is 47.0 Å². The third-order valence-corrected chi connectivity index (χ3v) is 6.53. The summed E-state index contributed by atoms with van der Waals surface area (Å²) in [6.45, 7) is 7.35. The van der Waals surface area contributed by atoms with Gasteiger partial charge in [0.2, 0.25) is 0 Å². The SMILES string of the molecule is CCNC(=O)c1cc(NS(=O)(=O)c2ccc(C)c(Cl)c2)ccc1N1CCNCC1. The number of hydrogen-bond acceptors (Lipinski definition) is 5. The van der Waals surface area contributed by atoms with E-state index in [1.54, 1.807) is 31.2 Å². The molecule has 0 aromatic heterocycles. The molecule has 1 aliphatic rings. The Morgan fingerprint density at radius 2 is 1.90 bits per heavy atom. The van der Waals surface area contributed by atoms with Gasteiger partial charge in [-0.05, 0) is 49.7 Å². The molecule has 3 rings (SSSR count). The van der Waals surface area contributed by atoms with Crippen LogP contribution in [0.3, 0.4) is 0 Å². The standard InChI is InChI=1S/C20H25ClN4O3S/c1-3-23-20(26)17-12-15(5-7-19(17)25-10-8-22-9-11-25)24-29(27,28)16-6-4-14(2)18(21)13-16/h4-7,12-13,22,24H,3,8-11H2,1-2H3,(H,23,26). The van der Waals surface area contributed by atoms with Crippen LogP contribution in [0.5, 0.6) is 0 Å². The second-order valence-electron chi connectivity index (χ2n) is 6.84. The molecule has 7 nitrogen and oxygen atoms in total. The van der Waals surface area contributed by atoms with Crippen molar-refractivity contribution in [3.05, 3.63) is 52.5 Å². The number of piperazine rings is 1. The van der Waals surface area contributed by atoms with Gasteiger partial charge in [0.25, 0.3) is 15.9 Å². The van der Waals surface area contributed by atoms with Crippen molar-refractivity contribution >= 4 is 38.9 Å². The van der Waals surface area contributed by atoms with Gasteiger partial charge in [-0.15, -0.1) is 0 Å². The minimum atomic E-state index is -3.83. The highest BCUT2D eigenvalue weighted by Crippen LogP contribution is 2.27. The van der Waals surface area contributed by atoms with E-state index in [4.69, 9.17) is 11.6 Å². The Labute approximate surface area is 176 Å². The van der Waals surface area contributed by atoms with E-state index in [1.165, 1.54) is 12.1 Å². The Bertz CT molecular complexity index is 1000. The van der Waals surface area contributed by atoms with Crippen molar-refractivity contribution in [2.45, 2.75) is 18.7 Å². The molecule has 0 unspecified atom stereocenters. The number of carbonyl (C=O) groups excluding carboxylic acids is 1. The van der Waals surface area contributed by atoms with Gasteiger partial charge in [-0.25, -0.2) is 8.42 Å². The van der Waals surface area contributed by atoms with Crippen LogP contribution in [0.1, 0.15) is 22.8 Å². The summed E-state index contributed by atoms with van der Waals surface area (Å²) in [6, 6.07) is 9.62. The zero-order valence-electron chi connectivity index (χ0n) is 16.5. The van der Waals surface area contributed by atoms with E-state index in [1.807, 2.05) is 6.92 Å². The highest BCUT2D eigenvalue weighted by atomic mass is 35.5. The number of aryl methyl sites for hydroxylation is 1. The minimum absolute atomic E-state index is 0.0684. The van der Waals surface area contributed by atoms with Gasteiger partial charge in [-0.2, -0.15) is 0 Å². The maximum Gasteiger partial charge on any atom is 0.261 e. The number of hydrogen-bond donors (Lipinski definition) is 3. The van der Waals surface area contributed by atoms with Gasteiger partial charge >= 0.3 is 0 Å². The van der Waals surface area contributed by atoms with E-state index in [2.05, 4.69) is 20.3 Å². The lowest BCUT2D eigenvalue weighted by Gasteiger charge is -2.31. The van der Waals surface area contributed by atoms with Crippen LogP contribution in [0.25, 0.3) is 0 Å². The number of nitrogens with one attached hydrogen (secondary N) is 3. The highest BCUT2D eigenvalue weighted by Gasteiger charge is 2.21. The Kier molecular flexibility index (Phi) is 6.66. The smallest absolute Gasteiger partial charge is 0.261 e. The summed E-state index contributed by atoms with van der Waals surface area (Å²) in [4.78, 5) is 14.8. The third kappa shape index (κ3) is 5.01. The average Bonchev–Trinajstić information content (AvgIpc) is 2.70. The maximum atomic E-state index is 12.8. The predicted molar refractivity (Wildman–Crippen MR) is 117 cm³/mol. The zero-order valence-corrected chi connectivity index (χ0v) is 18.0. The molecule has 2 aromatic carbocycles. The van der Waals surface area contributed by atoms with Crippen LogP contribution in [0.15, 0.2) is 41.3 Å². The molecular weight excluding hydrogens is 412 g/mol. The van der Waals surface area contributed by atoms with Crippen molar-refractivity contribution in [1.82, 2.24) is 10.6 Å². The molecule has 1 amide bonds. The molecule has 0 aliphatic carbocycles. The van der Waals surface area contributed by atoms with Gasteiger partial charge in [-0.3, -0.25) is 9.52 Å². The van der Waals surface area contributed by atoms with Crippen LogP contribution in [0, 0.1) is 6.92 Å². The van der Waals surface area contributed by atoms with Crippen molar-refractivity contribution in [3.8, 4) is 0 Å². The molecule has 0 radical (unpaired) electrons. The molecular formula is C20H25ClN4O3S. The number of nitrogens with zero attached hydrogens (tertiary/aromatic N) is 1. The molecule has 1 fully saturated rings. The van der Waals surface area contributed by atoms with Crippen molar-refractivity contribution in [3.63, 3.8) is 0 Å². The quantitative estimate of drug-likeness (QED) is 0.647. The third-order valence-electron chi connectivity index (χ3n) is 4.74. The first-order valence-corrected chi connectivity index (χ1v) is 11.3.